The first-order chi connectivity index (χ1) is 16.9. The molecule has 2 fully saturated rings. The third-order valence-corrected chi connectivity index (χ3v) is 7.25. The molecule has 2 saturated carbocycles. The van der Waals surface area contributed by atoms with Crippen LogP contribution in [0.5, 0.6) is 0 Å². The van der Waals surface area contributed by atoms with Crippen LogP contribution in [-0.4, -0.2) is 26.4 Å². The molecule has 0 radical (unpaired) electrons. The summed E-state index contributed by atoms with van der Waals surface area (Å²) in [6.07, 6.45) is 3.07. The van der Waals surface area contributed by atoms with E-state index in [4.69, 9.17) is 16.6 Å². The van der Waals surface area contributed by atoms with Crippen LogP contribution in [-0.2, 0) is 6.54 Å². The molecule has 1 amide bonds. The largest absolute Gasteiger partial charge is 0.464 e. The van der Waals surface area contributed by atoms with Crippen LogP contribution in [0, 0.1) is 16.5 Å². The van der Waals surface area contributed by atoms with Crippen molar-refractivity contribution in [2.75, 3.05) is 0 Å². The number of rotatable bonds is 6. The Morgan fingerprint density at radius 1 is 1.20 bits per heavy atom. The van der Waals surface area contributed by atoms with Gasteiger partial charge >= 0.3 is 0 Å². The molecule has 2 aromatic carbocycles. The summed E-state index contributed by atoms with van der Waals surface area (Å²) in [7, 11) is 0. The zero-order chi connectivity index (χ0) is 24.3. The Hall–Kier alpha value is -3.52. The number of fused-ring (bicyclic) bond motifs is 1. The molecule has 4 aromatic rings. The number of amides is 1. The second kappa shape index (κ2) is 8.30. The summed E-state index contributed by atoms with van der Waals surface area (Å²) in [5, 5.41) is 0.325. The third kappa shape index (κ3) is 4.01. The number of aromatic amines is 1. The van der Waals surface area contributed by atoms with Crippen LogP contribution < -0.4 is 5.56 Å². The second-order valence-corrected chi connectivity index (χ2v) is 9.96. The van der Waals surface area contributed by atoms with Gasteiger partial charge in [-0.3, -0.25) is 9.59 Å². The summed E-state index contributed by atoms with van der Waals surface area (Å²) >= 11 is 5.38. The van der Waals surface area contributed by atoms with Crippen LogP contribution in [0.3, 0.4) is 0 Å². The van der Waals surface area contributed by atoms with Crippen LogP contribution in [0.25, 0.3) is 16.6 Å². The Balaban J connectivity index is 1.32. The number of carbonyl (C=O) groups is 1. The Morgan fingerprint density at radius 3 is 2.69 bits per heavy atom. The lowest BCUT2D eigenvalue weighted by atomic mass is 10.1. The van der Waals surface area contributed by atoms with Crippen molar-refractivity contribution in [3.63, 3.8) is 0 Å². The number of halogens is 1. The Morgan fingerprint density at radius 2 is 1.97 bits per heavy atom. The van der Waals surface area contributed by atoms with Gasteiger partial charge in [-0.1, -0.05) is 19.1 Å². The van der Waals surface area contributed by atoms with E-state index in [1.165, 1.54) is 12.1 Å². The van der Waals surface area contributed by atoms with Crippen molar-refractivity contribution in [2.24, 2.45) is 5.92 Å². The summed E-state index contributed by atoms with van der Waals surface area (Å²) in [6, 6.07) is 15.0. The highest BCUT2D eigenvalue weighted by Gasteiger charge is 2.37. The van der Waals surface area contributed by atoms with E-state index in [9.17, 15) is 14.0 Å². The van der Waals surface area contributed by atoms with Gasteiger partial charge in [0.15, 0.2) is 4.77 Å². The average Bonchev–Trinajstić information content (AvgIpc) is 3.77. The molecule has 35 heavy (non-hydrogen) atoms. The summed E-state index contributed by atoms with van der Waals surface area (Å²) in [4.78, 5) is 31.5. The summed E-state index contributed by atoms with van der Waals surface area (Å²) in [5.41, 5.74) is 0.543. The van der Waals surface area contributed by atoms with E-state index in [2.05, 4.69) is 11.9 Å². The minimum absolute atomic E-state index is 0.0636. The van der Waals surface area contributed by atoms with Crippen molar-refractivity contribution >= 4 is 29.0 Å². The smallest absolute Gasteiger partial charge is 0.266 e. The Kier molecular flexibility index (Phi) is 5.21. The van der Waals surface area contributed by atoms with E-state index in [-0.39, 0.29) is 22.4 Å². The molecule has 1 N–H and O–H groups in total. The quantitative estimate of drug-likeness (QED) is 0.352. The van der Waals surface area contributed by atoms with Crippen LogP contribution >= 0.6 is 12.2 Å². The van der Waals surface area contributed by atoms with Gasteiger partial charge in [-0.2, -0.15) is 0 Å². The van der Waals surface area contributed by atoms with Gasteiger partial charge in [0.05, 0.1) is 23.1 Å². The number of hydrogen-bond donors (Lipinski definition) is 1. The van der Waals surface area contributed by atoms with E-state index in [0.29, 0.717) is 34.8 Å². The van der Waals surface area contributed by atoms with Gasteiger partial charge in [-0.15, -0.1) is 0 Å². The van der Waals surface area contributed by atoms with Gasteiger partial charge in [0.2, 0.25) is 0 Å². The summed E-state index contributed by atoms with van der Waals surface area (Å²) < 4.78 is 21.6. The maximum atomic E-state index is 14.3. The van der Waals surface area contributed by atoms with E-state index < -0.39 is 11.4 Å². The Labute approximate surface area is 206 Å². The van der Waals surface area contributed by atoms with E-state index in [0.717, 1.165) is 35.4 Å². The number of furan rings is 1. The maximum Gasteiger partial charge on any atom is 0.266 e. The normalized spacial score (nSPS) is 19.1. The molecule has 6 rings (SSSR count). The van der Waals surface area contributed by atoms with Gasteiger partial charge in [-0.25, -0.2) is 8.96 Å². The fourth-order valence-corrected chi connectivity index (χ4v) is 4.98. The predicted octanol–water partition coefficient (Wildman–Crippen LogP) is 5.71. The lowest BCUT2D eigenvalue weighted by Crippen LogP contribution is -2.32. The molecule has 0 bridgehead atoms. The number of para-hydroxylation sites is 1. The molecule has 2 heterocycles. The van der Waals surface area contributed by atoms with Crippen molar-refractivity contribution < 1.29 is 13.6 Å². The van der Waals surface area contributed by atoms with E-state index in [1.54, 1.807) is 30.3 Å². The molecule has 178 valence electrons. The van der Waals surface area contributed by atoms with Gasteiger partial charge < -0.3 is 14.3 Å². The van der Waals surface area contributed by atoms with Gasteiger partial charge in [0, 0.05) is 17.5 Å². The zero-order valence-corrected chi connectivity index (χ0v) is 20.0. The molecule has 0 spiro atoms. The average molecular weight is 490 g/mol. The van der Waals surface area contributed by atoms with Gasteiger partial charge in [0.1, 0.15) is 17.3 Å². The number of benzene rings is 2. The first-order valence-corrected chi connectivity index (χ1v) is 12.2. The van der Waals surface area contributed by atoms with Crippen molar-refractivity contribution in [3.8, 4) is 5.69 Å². The van der Waals surface area contributed by atoms with E-state index >= 15 is 0 Å². The number of aromatic nitrogens is 2. The molecule has 0 saturated heterocycles. The highest BCUT2D eigenvalue weighted by Crippen LogP contribution is 2.47. The molecule has 6 nitrogen and oxygen atoms in total. The van der Waals surface area contributed by atoms with Crippen LogP contribution in [0.15, 0.2) is 63.8 Å². The van der Waals surface area contributed by atoms with Gasteiger partial charge in [-0.05, 0) is 79.9 Å². The summed E-state index contributed by atoms with van der Waals surface area (Å²) in [6.45, 7) is 2.62. The number of nitrogens with zero attached hydrogens (tertiary/aromatic N) is 2. The van der Waals surface area contributed by atoms with Crippen molar-refractivity contribution in [2.45, 2.75) is 44.7 Å². The van der Waals surface area contributed by atoms with E-state index in [1.807, 2.05) is 17.0 Å². The highest BCUT2D eigenvalue weighted by atomic mass is 32.1. The monoisotopic (exact) mass is 489 g/mol. The predicted molar refractivity (Wildman–Crippen MR) is 133 cm³/mol. The topological polar surface area (TPSA) is 71.2 Å². The molecule has 2 aliphatic rings. The van der Waals surface area contributed by atoms with Crippen molar-refractivity contribution in [1.29, 1.82) is 0 Å². The molecule has 0 aliphatic heterocycles. The lowest BCUT2D eigenvalue weighted by Gasteiger charge is -2.21. The second-order valence-electron chi connectivity index (χ2n) is 9.57. The fourth-order valence-electron chi connectivity index (χ4n) is 4.69. The molecule has 8 heteroatoms. The van der Waals surface area contributed by atoms with Crippen LogP contribution in [0.4, 0.5) is 4.39 Å². The van der Waals surface area contributed by atoms with Crippen molar-refractivity contribution in [3.05, 3.63) is 92.6 Å². The minimum atomic E-state index is -0.544. The number of carbonyl (C=O) groups excluding carboxylic acids is 1. The fraction of sp³-hybridized carbons (Fsp3) is 0.296. The maximum absolute atomic E-state index is 14.3. The molecular weight excluding hydrogens is 465 g/mol. The molecule has 2 atom stereocenters. The number of H-pyrrole nitrogens is 1. The van der Waals surface area contributed by atoms with Gasteiger partial charge in [0.25, 0.3) is 11.5 Å². The SMILES string of the molecule is CC1CC1c1ccc(CN(C(=O)c2ccc3c(=O)n(-c4ccccc4F)c(=S)[nH]c3c2)C2CC2)o1. The standard InChI is InChI=1S/C27H24FN3O3S/c1-15-12-20(15)24-11-9-18(34-24)14-30(17-7-8-17)25(32)16-6-10-19-22(13-16)29-27(35)31(26(19)33)23-5-3-2-4-21(23)28/h2-6,9-11,13,15,17,20H,7-8,12,14H2,1H3,(H,29,35). The third-order valence-electron chi connectivity index (χ3n) is 6.97. The molecule has 2 aliphatic carbocycles. The van der Waals surface area contributed by atoms with Crippen LogP contribution in [0.2, 0.25) is 0 Å². The first-order valence-electron chi connectivity index (χ1n) is 11.8. The Bertz CT molecular complexity index is 1580. The number of hydrogen-bond acceptors (Lipinski definition) is 4. The highest BCUT2D eigenvalue weighted by molar-refractivity contribution is 7.71. The molecular formula is C27H24FN3O3S. The van der Waals surface area contributed by atoms with Crippen LogP contribution in [0.1, 0.15) is 54.0 Å². The molecule has 2 aromatic heterocycles. The summed E-state index contributed by atoms with van der Waals surface area (Å²) in [5.74, 6) is 2.27. The zero-order valence-electron chi connectivity index (χ0n) is 19.2. The number of nitrogens with one attached hydrogen (secondary N) is 1. The molecule has 2 unspecified atom stereocenters. The lowest BCUT2D eigenvalue weighted by molar-refractivity contribution is 0.0717. The van der Waals surface area contributed by atoms with Crippen molar-refractivity contribution in [1.82, 2.24) is 14.5 Å². The minimum Gasteiger partial charge on any atom is -0.464 e. The first kappa shape index (κ1) is 22.0.